The Kier molecular flexibility index (Phi) is 2.32. The van der Waals surface area contributed by atoms with Gasteiger partial charge in [0.05, 0.1) is 0 Å². The van der Waals surface area contributed by atoms with Crippen LogP contribution < -0.4 is 0 Å². The van der Waals surface area contributed by atoms with Crippen LogP contribution in [0, 0.1) is 0 Å². The van der Waals surface area contributed by atoms with Crippen molar-refractivity contribution in [3.63, 3.8) is 0 Å². The van der Waals surface area contributed by atoms with Crippen LogP contribution in [0.4, 0.5) is 0 Å². The lowest BCUT2D eigenvalue weighted by molar-refractivity contribution is 0.469. The van der Waals surface area contributed by atoms with Gasteiger partial charge in [0.25, 0.3) is 0 Å². The minimum absolute atomic E-state index is 0.385. The summed E-state index contributed by atoms with van der Waals surface area (Å²) >= 11 is 1.72. The van der Waals surface area contributed by atoms with Crippen molar-refractivity contribution in [3.05, 3.63) is 52.2 Å². The Morgan fingerprint density at radius 2 is 1.92 bits per heavy atom. The number of aromatic hydroxyl groups is 1. The van der Waals surface area contributed by atoms with E-state index in [2.05, 4.69) is 11.4 Å². The van der Waals surface area contributed by atoms with E-state index in [1.54, 1.807) is 17.4 Å². The van der Waals surface area contributed by atoms with Gasteiger partial charge in [-0.25, -0.2) is 0 Å². The Balaban J connectivity index is 2.24. The lowest BCUT2D eigenvalue weighted by Gasteiger charge is -2.01. The molecule has 0 amide bonds. The summed E-state index contributed by atoms with van der Waals surface area (Å²) in [5.41, 5.74) is 0.991. The van der Waals surface area contributed by atoms with Crippen molar-refractivity contribution in [1.29, 1.82) is 0 Å². The maximum atomic E-state index is 9.51. The molecular formula is C11H10OS. The fraction of sp³-hybridized carbons (Fsp3) is 0.0909. The fourth-order valence-corrected chi connectivity index (χ4v) is 1.99. The van der Waals surface area contributed by atoms with E-state index >= 15 is 0 Å². The van der Waals surface area contributed by atoms with E-state index in [1.807, 2.05) is 24.3 Å². The van der Waals surface area contributed by atoms with Gasteiger partial charge in [-0.3, -0.25) is 0 Å². The van der Waals surface area contributed by atoms with Crippen LogP contribution in [0.1, 0.15) is 10.4 Å². The number of rotatable bonds is 2. The normalized spacial score (nSPS) is 10.2. The highest BCUT2D eigenvalue weighted by Gasteiger charge is 2.00. The molecule has 0 saturated carbocycles. The van der Waals surface area contributed by atoms with Gasteiger partial charge in [0.1, 0.15) is 5.75 Å². The summed E-state index contributed by atoms with van der Waals surface area (Å²) < 4.78 is 0. The third kappa shape index (κ3) is 1.90. The lowest BCUT2D eigenvalue weighted by atomic mass is 10.1. The van der Waals surface area contributed by atoms with Crippen molar-refractivity contribution in [3.8, 4) is 5.75 Å². The number of thiophene rings is 1. The maximum absolute atomic E-state index is 9.51. The molecule has 0 radical (unpaired) electrons. The highest BCUT2D eigenvalue weighted by Crippen LogP contribution is 2.21. The summed E-state index contributed by atoms with van der Waals surface area (Å²) in [5, 5.41) is 11.6. The van der Waals surface area contributed by atoms with Crippen molar-refractivity contribution < 1.29 is 5.11 Å². The number of phenols is 1. The Hall–Kier alpha value is -1.28. The molecule has 13 heavy (non-hydrogen) atoms. The second-order valence-electron chi connectivity index (χ2n) is 2.88. The molecule has 66 valence electrons. The monoisotopic (exact) mass is 190 g/mol. The summed E-state index contributed by atoms with van der Waals surface area (Å²) in [6.45, 7) is 0. The fourth-order valence-electron chi connectivity index (χ4n) is 1.26. The summed E-state index contributed by atoms with van der Waals surface area (Å²) in [6.07, 6.45) is 0.824. The quantitative estimate of drug-likeness (QED) is 0.771. The second kappa shape index (κ2) is 3.62. The molecule has 0 bridgehead atoms. The minimum Gasteiger partial charge on any atom is -0.508 e. The lowest BCUT2D eigenvalue weighted by Crippen LogP contribution is -1.84. The van der Waals surface area contributed by atoms with Crippen molar-refractivity contribution in [2.45, 2.75) is 6.42 Å². The van der Waals surface area contributed by atoms with E-state index in [0.717, 1.165) is 12.0 Å². The van der Waals surface area contributed by atoms with Crippen LogP contribution in [0.15, 0.2) is 41.8 Å². The van der Waals surface area contributed by atoms with Gasteiger partial charge in [-0.05, 0) is 23.1 Å². The highest BCUT2D eigenvalue weighted by atomic mass is 32.1. The third-order valence-corrected chi connectivity index (χ3v) is 2.81. The molecule has 1 aromatic heterocycles. The molecule has 0 aliphatic rings. The largest absolute Gasteiger partial charge is 0.508 e. The van der Waals surface area contributed by atoms with Gasteiger partial charge in [0.2, 0.25) is 0 Å². The van der Waals surface area contributed by atoms with Crippen LogP contribution in [0.25, 0.3) is 0 Å². The van der Waals surface area contributed by atoms with Crippen LogP contribution >= 0.6 is 11.3 Å². The summed E-state index contributed by atoms with van der Waals surface area (Å²) in [7, 11) is 0. The zero-order chi connectivity index (χ0) is 9.10. The standard InChI is InChI=1S/C11H10OS/c12-11-6-2-1-4-9(11)8-10-5-3-7-13-10/h1-7,12H,8H2. The van der Waals surface area contributed by atoms with E-state index in [-0.39, 0.29) is 0 Å². The van der Waals surface area contributed by atoms with Crippen LogP contribution in [-0.2, 0) is 6.42 Å². The molecule has 0 unspecified atom stereocenters. The van der Waals surface area contributed by atoms with Crippen molar-refractivity contribution in [2.24, 2.45) is 0 Å². The molecule has 1 aromatic carbocycles. The van der Waals surface area contributed by atoms with Gasteiger partial charge in [0.15, 0.2) is 0 Å². The smallest absolute Gasteiger partial charge is 0.119 e. The van der Waals surface area contributed by atoms with Gasteiger partial charge in [-0.2, -0.15) is 0 Å². The van der Waals surface area contributed by atoms with Crippen LogP contribution in [0.2, 0.25) is 0 Å². The zero-order valence-electron chi connectivity index (χ0n) is 7.10. The average molecular weight is 190 g/mol. The number of hydrogen-bond donors (Lipinski definition) is 1. The Morgan fingerprint density at radius 1 is 1.08 bits per heavy atom. The summed E-state index contributed by atoms with van der Waals surface area (Å²) in [6, 6.07) is 11.6. The summed E-state index contributed by atoms with van der Waals surface area (Å²) in [5.74, 6) is 0.385. The van der Waals surface area contributed by atoms with Crippen LogP contribution in [-0.4, -0.2) is 5.11 Å². The van der Waals surface area contributed by atoms with Gasteiger partial charge in [-0.15, -0.1) is 11.3 Å². The van der Waals surface area contributed by atoms with Gasteiger partial charge in [0, 0.05) is 11.3 Å². The number of para-hydroxylation sites is 1. The molecule has 2 aromatic rings. The number of benzene rings is 1. The molecule has 0 fully saturated rings. The molecule has 1 N–H and O–H groups in total. The molecule has 0 aliphatic carbocycles. The first kappa shape index (κ1) is 8.32. The first-order valence-corrected chi connectivity index (χ1v) is 5.03. The average Bonchev–Trinajstić information content (AvgIpc) is 2.61. The van der Waals surface area contributed by atoms with Gasteiger partial charge < -0.3 is 5.11 Å². The molecule has 1 heterocycles. The molecular weight excluding hydrogens is 180 g/mol. The van der Waals surface area contributed by atoms with E-state index in [4.69, 9.17) is 0 Å². The SMILES string of the molecule is Oc1ccccc1Cc1cccs1. The van der Waals surface area contributed by atoms with E-state index in [1.165, 1.54) is 4.88 Å². The van der Waals surface area contributed by atoms with Crippen LogP contribution in [0.3, 0.4) is 0 Å². The molecule has 2 heteroatoms. The minimum atomic E-state index is 0.385. The van der Waals surface area contributed by atoms with Gasteiger partial charge >= 0.3 is 0 Å². The van der Waals surface area contributed by atoms with E-state index in [0.29, 0.717) is 5.75 Å². The number of phenolic OH excluding ortho intramolecular Hbond substituents is 1. The molecule has 2 rings (SSSR count). The third-order valence-electron chi connectivity index (χ3n) is 1.94. The molecule has 0 spiro atoms. The second-order valence-corrected chi connectivity index (χ2v) is 3.92. The molecule has 0 aliphatic heterocycles. The number of hydrogen-bond acceptors (Lipinski definition) is 2. The predicted octanol–water partition coefficient (Wildman–Crippen LogP) is 3.04. The maximum Gasteiger partial charge on any atom is 0.119 e. The Labute approximate surface area is 81.3 Å². The topological polar surface area (TPSA) is 20.2 Å². The molecule has 0 saturated heterocycles. The first-order chi connectivity index (χ1) is 6.36. The van der Waals surface area contributed by atoms with E-state index in [9.17, 15) is 5.11 Å². The molecule has 1 nitrogen and oxygen atoms in total. The van der Waals surface area contributed by atoms with Crippen molar-refractivity contribution in [1.82, 2.24) is 0 Å². The van der Waals surface area contributed by atoms with Gasteiger partial charge in [-0.1, -0.05) is 24.3 Å². The highest BCUT2D eigenvalue weighted by molar-refractivity contribution is 7.09. The Bertz CT molecular complexity index is 379. The predicted molar refractivity (Wildman–Crippen MR) is 55.2 cm³/mol. The van der Waals surface area contributed by atoms with Crippen molar-refractivity contribution >= 4 is 11.3 Å². The van der Waals surface area contributed by atoms with Crippen molar-refractivity contribution in [2.75, 3.05) is 0 Å². The molecule has 0 atom stereocenters. The first-order valence-electron chi connectivity index (χ1n) is 4.15. The Morgan fingerprint density at radius 3 is 2.62 bits per heavy atom. The van der Waals surface area contributed by atoms with E-state index < -0.39 is 0 Å². The summed E-state index contributed by atoms with van der Waals surface area (Å²) in [4.78, 5) is 1.28. The van der Waals surface area contributed by atoms with Crippen LogP contribution in [0.5, 0.6) is 5.75 Å². The zero-order valence-corrected chi connectivity index (χ0v) is 7.92.